The minimum Gasteiger partial charge on any atom is -0.312 e. The van der Waals surface area contributed by atoms with E-state index in [1.807, 2.05) is 12.4 Å². The SMILES string of the molecule is Brc1ccc(CNCCc2ccncc2)cc1. The van der Waals surface area contributed by atoms with Gasteiger partial charge in [-0.05, 0) is 48.4 Å². The highest BCUT2D eigenvalue weighted by Crippen LogP contribution is 2.10. The smallest absolute Gasteiger partial charge is 0.0270 e. The molecule has 1 N–H and O–H groups in total. The second-order valence-electron chi connectivity index (χ2n) is 3.91. The lowest BCUT2D eigenvalue weighted by Crippen LogP contribution is -2.16. The Morgan fingerprint density at radius 3 is 2.35 bits per heavy atom. The number of rotatable bonds is 5. The van der Waals surface area contributed by atoms with Gasteiger partial charge < -0.3 is 5.32 Å². The van der Waals surface area contributed by atoms with Gasteiger partial charge >= 0.3 is 0 Å². The fourth-order valence-corrected chi connectivity index (χ4v) is 1.88. The van der Waals surface area contributed by atoms with Crippen LogP contribution in [0.2, 0.25) is 0 Å². The Morgan fingerprint density at radius 1 is 0.941 bits per heavy atom. The van der Waals surface area contributed by atoms with Gasteiger partial charge in [-0.15, -0.1) is 0 Å². The average molecular weight is 291 g/mol. The van der Waals surface area contributed by atoms with Crippen molar-refractivity contribution >= 4 is 15.9 Å². The first-order valence-electron chi connectivity index (χ1n) is 5.68. The van der Waals surface area contributed by atoms with Crippen molar-refractivity contribution in [3.63, 3.8) is 0 Å². The minimum absolute atomic E-state index is 0.915. The van der Waals surface area contributed by atoms with Crippen LogP contribution in [0, 0.1) is 0 Å². The molecule has 2 aromatic rings. The Labute approximate surface area is 110 Å². The first-order valence-corrected chi connectivity index (χ1v) is 6.48. The number of pyridine rings is 1. The van der Waals surface area contributed by atoms with Gasteiger partial charge in [0.1, 0.15) is 0 Å². The molecule has 88 valence electrons. The number of hydrogen-bond donors (Lipinski definition) is 1. The lowest BCUT2D eigenvalue weighted by atomic mass is 10.2. The molecular weight excluding hydrogens is 276 g/mol. The zero-order valence-electron chi connectivity index (χ0n) is 9.57. The number of halogens is 1. The quantitative estimate of drug-likeness (QED) is 0.856. The first kappa shape index (κ1) is 12.3. The molecule has 1 aromatic heterocycles. The van der Waals surface area contributed by atoms with Gasteiger partial charge in [-0.3, -0.25) is 4.98 Å². The number of nitrogens with one attached hydrogen (secondary N) is 1. The second kappa shape index (κ2) is 6.52. The van der Waals surface area contributed by atoms with Gasteiger partial charge in [-0.25, -0.2) is 0 Å². The summed E-state index contributed by atoms with van der Waals surface area (Å²) in [7, 11) is 0. The predicted octanol–water partition coefficient (Wildman–Crippen LogP) is 3.18. The standard InChI is InChI=1S/C14H15BrN2/c15-14-3-1-13(2-4-14)11-17-10-7-12-5-8-16-9-6-12/h1-6,8-9,17H,7,10-11H2. The number of aromatic nitrogens is 1. The average Bonchev–Trinajstić information content (AvgIpc) is 2.38. The highest BCUT2D eigenvalue weighted by atomic mass is 79.9. The molecule has 0 aliphatic rings. The molecule has 0 atom stereocenters. The highest BCUT2D eigenvalue weighted by Gasteiger charge is 1.94. The van der Waals surface area contributed by atoms with Crippen LogP contribution in [0.4, 0.5) is 0 Å². The Morgan fingerprint density at radius 2 is 1.65 bits per heavy atom. The van der Waals surface area contributed by atoms with Gasteiger partial charge in [0.25, 0.3) is 0 Å². The molecule has 0 saturated heterocycles. The maximum absolute atomic E-state index is 4.00. The predicted molar refractivity (Wildman–Crippen MR) is 73.8 cm³/mol. The van der Waals surface area contributed by atoms with Gasteiger partial charge in [0, 0.05) is 23.4 Å². The van der Waals surface area contributed by atoms with Crippen LogP contribution in [0.1, 0.15) is 11.1 Å². The summed E-state index contributed by atoms with van der Waals surface area (Å²) in [6, 6.07) is 12.5. The molecule has 0 aliphatic carbocycles. The van der Waals surface area contributed by atoms with E-state index in [4.69, 9.17) is 0 Å². The second-order valence-corrected chi connectivity index (χ2v) is 4.82. The minimum atomic E-state index is 0.915. The van der Waals surface area contributed by atoms with Crippen LogP contribution in [0.5, 0.6) is 0 Å². The summed E-state index contributed by atoms with van der Waals surface area (Å²) in [5.41, 5.74) is 2.63. The van der Waals surface area contributed by atoms with E-state index in [1.165, 1.54) is 11.1 Å². The number of nitrogens with zero attached hydrogens (tertiary/aromatic N) is 1. The molecule has 2 rings (SSSR count). The van der Waals surface area contributed by atoms with Crippen LogP contribution < -0.4 is 5.32 Å². The Hall–Kier alpha value is -1.19. The van der Waals surface area contributed by atoms with Crippen LogP contribution in [-0.4, -0.2) is 11.5 Å². The highest BCUT2D eigenvalue weighted by molar-refractivity contribution is 9.10. The van der Waals surface area contributed by atoms with E-state index in [2.05, 4.69) is 62.6 Å². The molecule has 0 aliphatic heterocycles. The molecule has 0 radical (unpaired) electrons. The molecule has 2 nitrogen and oxygen atoms in total. The number of hydrogen-bond acceptors (Lipinski definition) is 2. The van der Waals surface area contributed by atoms with Crippen molar-refractivity contribution < 1.29 is 0 Å². The van der Waals surface area contributed by atoms with E-state index in [1.54, 1.807) is 0 Å². The first-order chi connectivity index (χ1) is 8.34. The molecular formula is C14H15BrN2. The molecule has 17 heavy (non-hydrogen) atoms. The van der Waals surface area contributed by atoms with Crippen LogP contribution in [0.3, 0.4) is 0 Å². The van der Waals surface area contributed by atoms with Crippen LogP contribution in [0.25, 0.3) is 0 Å². The molecule has 0 fully saturated rings. The van der Waals surface area contributed by atoms with Gasteiger partial charge in [0.2, 0.25) is 0 Å². The largest absolute Gasteiger partial charge is 0.312 e. The maximum atomic E-state index is 4.00. The lowest BCUT2D eigenvalue weighted by molar-refractivity contribution is 0.686. The molecule has 0 amide bonds. The fourth-order valence-electron chi connectivity index (χ4n) is 1.62. The lowest BCUT2D eigenvalue weighted by Gasteiger charge is -2.05. The molecule has 0 bridgehead atoms. The Balaban J connectivity index is 1.71. The van der Waals surface area contributed by atoms with Gasteiger partial charge in [0.15, 0.2) is 0 Å². The zero-order chi connectivity index (χ0) is 11.9. The third-order valence-corrected chi connectivity index (χ3v) is 3.11. The van der Waals surface area contributed by atoms with Crippen LogP contribution >= 0.6 is 15.9 Å². The van der Waals surface area contributed by atoms with Gasteiger partial charge in [-0.2, -0.15) is 0 Å². The fraction of sp³-hybridized carbons (Fsp3) is 0.214. The third-order valence-electron chi connectivity index (χ3n) is 2.58. The molecule has 3 heteroatoms. The van der Waals surface area contributed by atoms with Crippen molar-refractivity contribution in [1.29, 1.82) is 0 Å². The molecule has 1 aromatic carbocycles. The maximum Gasteiger partial charge on any atom is 0.0270 e. The van der Waals surface area contributed by atoms with Crippen molar-refractivity contribution in [3.05, 3.63) is 64.4 Å². The number of benzene rings is 1. The topological polar surface area (TPSA) is 24.9 Å². The summed E-state index contributed by atoms with van der Waals surface area (Å²) >= 11 is 3.43. The van der Waals surface area contributed by atoms with E-state index in [9.17, 15) is 0 Å². The summed E-state index contributed by atoms with van der Waals surface area (Å²) in [5, 5.41) is 3.43. The third kappa shape index (κ3) is 4.29. The van der Waals surface area contributed by atoms with Crippen LogP contribution in [-0.2, 0) is 13.0 Å². The van der Waals surface area contributed by atoms with Crippen molar-refractivity contribution in [1.82, 2.24) is 10.3 Å². The molecule has 1 heterocycles. The van der Waals surface area contributed by atoms with Crippen molar-refractivity contribution in [3.8, 4) is 0 Å². The van der Waals surface area contributed by atoms with E-state index < -0.39 is 0 Å². The Kier molecular flexibility index (Phi) is 4.71. The van der Waals surface area contributed by atoms with Gasteiger partial charge in [0.05, 0.1) is 0 Å². The summed E-state index contributed by atoms with van der Waals surface area (Å²) in [6.45, 7) is 1.90. The molecule has 0 unspecified atom stereocenters. The summed E-state index contributed by atoms with van der Waals surface area (Å²) in [6.07, 6.45) is 4.72. The summed E-state index contributed by atoms with van der Waals surface area (Å²) in [5.74, 6) is 0. The van der Waals surface area contributed by atoms with E-state index in [-0.39, 0.29) is 0 Å². The summed E-state index contributed by atoms with van der Waals surface area (Å²) < 4.78 is 1.12. The van der Waals surface area contributed by atoms with E-state index in [0.29, 0.717) is 0 Å². The van der Waals surface area contributed by atoms with Crippen molar-refractivity contribution in [2.24, 2.45) is 0 Å². The van der Waals surface area contributed by atoms with Gasteiger partial charge in [-0.1, -0.05) is 28.1 Å². The molecule has 0 saturated carbocycles. The van der Waals surface area contributed by atoms with Crippen molar-refractivity contribution in [2.75, 3.05) is 6.54 Å². The van der Waals surface area contributed by atoms with Crippen LogP contribution in [0.15, 0.2) is 53.3 Å². The Bertz CT molecular complexity index is 440. The zero-order valence-corrected chi connectivity index (χ0v) is 11.2. The monoisotopic (exact) mass is 290 g/mol. The van der Waals surface area contributed by atoms with Crippen molar-refractivity contribution in [2.45, 2.75) is 13.0 Å². The normalized spacial score (nSPS) is 10.4. The summed E-state index contributed by atoms with van der Waals surface area (Å²) in [4.78, 5) is 4.00. The van der Waals surface area contributed by atoms with E-state index in [0.717, 1.165) is 24.0 Å². The van der Waals surface area contributed by atoms with E-state index >= 15 is 0 Å². The molecule has 0 spiro atoms.